The van der Waals surface area contributed by atoms with Gasteiger partial charge in [-0.3, -0.25) is 4.79 Å². The normalized spacial score (nSPS) is 11.8. The molecule has 0 saturated carbocycles. The van der Waals surface area contributed by atoms with Gasteiger partial charge in [-0.05, 0) is 42.8 Å². The molecule has 0 fully saturated rings. The molecule has 4 aromatic rings. The van der Waals surface area contributed by atoms with Crippen LogP contribution >= 0.6 is 0 Å². The Balaban J connectivity index is 1.61. The van der Waals surface area contributed by atoms with E-state index in [2.05, 4.69) is 9.88 Å². The number of carbonyl (C=O) groups excluding carboxylic acids is 1. The zero-order valence-electron chi connectivity index (χ0n) is 17.9. The van der Waals surface area contributed by atoms with E-state index in [-0.39, 0.29) is 17.5 Å². The molecule has 2 N–H and O–H groups in total. The van der Waals surface area contributed by atoms with E-state index in [0.29, 0.717) is 12.1 Å². The molecule has 32 heavy (non-hydrogen) atoms. The number of carbonyl (C=O) groups is 2. The highest BCUT2D eigenvalue weighted by Gasteiger charge is 2.17. The molecule has 0 aliphatic heterocycles. The maximum atomic E-state index is 13.2. The summed E-state index contributed by atoms with van der Waals surface area (Å²) in [6.07, 6.45) is 1.97. The number of para-hydroxylation sites is 2. The molecule has 0 aliphatic rings. The summed E-state index contributed by atoms with van der Waals surface area (Å²) in [5.74, 6) is -0.365. The van der Waals surface area contributed by atoms with Crippen molar-refractivity contribution in [1.82, 2.24) is 9.88 Å². The summed E-state index contributed by atoms with van der Waals surface area (Å²) < 4.78 is 7.53. The Morgan fingerprint density at radius 1 is 1.00 bits per heavy atom. The summed E-state index contributed by atoms with van der Waals surface area (Å²) in [6.45, 7) is 2.45. The molecule has 162 valence electrons. The van der Waals surface area contributed by atoms with Gasteiger partial charge in [0.05, 0.1) is 36.3 Å². The van der Waals surface area contributed by atoms with Crippen LogP contribution in [0.1, 0.15) is 44.8 Å². The third-order valence-electron chi connectivity index (χ3n) is 5.57. The molecule has 1 amide bonds. The molecule has 1 heterocycles. The van der Waals surface area contributed by atoms with Crippen LogP contribution in [0.2, 0.25) is 0 Å². The molecule has 0 radical (unpaired) electrons. The second-order valence-corrected chi connectivity index (χ2v) is 7.62. The molecule has 0 bridgehead atoms. The van der Waals surface area contributed by atoms with Crippen LogP contribution in [0, 0.1) is 0 Å². The van der Waals surface area contributed by atoms with E-state index in [4.69, 9.17) is 9.84 Å². The van der Waals surface area contributed by atoms with Crippen LogP contribution in [0.3, 0.4) is 0 Å². The number of rotatable bonds is 7. The quantitative estimate of drug-likeness (QED) is 0.439. The first-order valence-corrected chi connectivity index (χ1v) is 10.3. The van der Waals surface area contributed by atoms with Gasteiger partial charge in [-0.25, -0.2) is 4.79 Å². The number of nitrogens with zero attached hydrogens (tertiary/aromatic N) is 1. The summed E-state index contributed by atoms with van der Waals surface area (Å²) in [5, 5.41) is 13.1. The van der Waals surface area contributed by atoms with Gasteiger partial charge >= 0.3 is 5.97 Å². The van der Waals surface area contributed by atoms with Gasteiger partial charge in [0.15, 0.2) is 0 Å². The highest BCUT2D eigenvalue weighted by molar-refractivity contribution is 6.06. The first-order valence-electron chi connectivity index (χ1n) is 10.3. The Hall–Kier alpha value is -4.06. The predicted octanol–water partition coefficient (Wildman–Crippen LogP) is 4.89. The van der Waals surface area contributed by atoms with Gasteiger partial charge in [0.2, 0.25) is 0 Å². The minimum atomic E-state index is -0.976. The van der Waals surface area contributed by atoms with Crippen LogP contribution in [0.15, 0.2) is 79.0 Å². The van der Waals surface area contributed by atoms with Crippen molar-refractivity contribution in [2.24, 2.45) is 0 Å². The van der Waals surface area contributed by atoms with Crippen molar-refractivity contribution < 1.29 is 19.4 Å². The molecular formula is C26H24N2O4. The number of aromatic carboxylic acids is 1. The van der Waals surface area contributed by atoms with Gasteiger partial charge in [-0.2, -0.15) is 0 Å². The first kappa shape index (κ1) is 21.2. The van der Waals surface area contributed by atoms with Gasteiger partial charge in [0.25, 0.3) is 5.91 Å². The fourth-order valence-corrected chi connectivity index (χ4v) is 3.87. The van der Waals surface area contributed by atoms with Crippen molar-refractivity contribution in [3.8, 4) is 5.75 Å². The number of amides is 1. The standard InChI is InChI=1S/C26H24N2O4/c1-17(18-10-12-20(13-11-18)26(30)31)27-25(29)22-8-5-7-19-14-15-28(24(19)22)16-21-6-3-4-9-23(21)32-2/h3-15,17H,16H2,1-2H3,(H,27,29)(H,30,31)/t17-/m0/s1. The Morgan fingerprint density at radius 3 is 2.47 bits per heavy atom. The number of benzene rings is 3. The van der Waals surface area contributed by atoms with Crippen molar-refractivity contribution in [2.75, 3.05) is 7.11 Å². The third kappa shape index (κ3) is 4.21. The van der Waals surface area contributed by atoms with Crippen LogP contribution in [-0.4, -0.2) is 28.7 Å². The van der Waals surface area contributed by atoms with Crippen molar-refractivity contribution in [3.63, 3.8) is 0 Å². The van der Waals surface area contributed by atoms with Crippen LogP contribution < -0.4 is 10.1 Å². The number of methoxy groups -OCH3 is 1. The SMILES string of the molecule is COc1ccccc1Cn1ccc2cccc(C(=O)N[C@@H](C)c3ccc(C(=O)O)cc3)c21. The van der Waals surface area contributed by atoms with Crippen LogP contribution in [0.25, 0.3) is 10.9 Å². The lowest BCUT2D eigenvalue weighted by Gasteiger charge is -2.16. The number of nitrogens with one attached hydrogen (secondary N) is 1. The van der Waals surface area contributed by atoms with Gasteiger partial charge in [0, 0.05) is 17.1 Å². The van der Waals surface area contributed by atoms with Gasteiger partial charge in [0.1, 0.15) is 5.75 Å². The summed E-state index contributed by atoms with van der Waals surface area (Å²) in [7, 11) is 1.65. The van der Waals surface area contributed by atoms with Crippen LogP contribution in [0.4, 0.5) is 0 Å². The maximum Gasteiger partial charge on any atom is 0.335 e. The van der Waals surface area contributed by atoms with Crippen molar-refractivity contribution in [2.45, 2.75) is 19.5 Å². The molecule has 1 atom stereocenters. The van der Waals surface area contributed by atoms with Gasteiger partial charge in [-0.15, -0.1) is 0 Å². The lowest BCUT2D eigenvalue weighted by Crippen LogP contribution is -2.27. The molecule has 0 spiro atoms. The molecule has 6 nitrogen and oxygen atoms in total. The Morgan fingerprint density at radius 2 is 1.75 bits per heavy atom. The zero-order chi connectivity index (χ0) is 22.7. The average Bonchev–Trinajstić information content (AvgIpc) is 3.22. The molecular weight excluding hydrogens is 404 g/mol. The predicted molar refractivity (Wildman–Crippen MR) is 123 cm³/mol. The Bertz CT molecular complexity index is 1270. The molecule has 0 aliphatic carbocycles. The van der Waals surface area contributed by atoms with E-state index in [1.165, 1.54) is 0 Å². The Kier molecular flexibility index (Phi) is 5.94. The van der Waals surface area contributed by atoms with Crippen LogP contribution in [-0.2, 0) is 6.54 Å². The minimum absolute atomic E-state index is 0.189. The van der Waals surface area contributed by atoms with E-state index >= 15 is 0 Å². The maximum absolute atomic E-state index is 13.2. The molecule has 4 rings (SSSR count). The van der Waals surface area contributed by atoms with E-state index < -0.39 is 5.97 Å². The number of carboxylic acids is 1. The van der Waals surface area contributed by atoms with Crippen LogP contribution in [0.5, 0.6) is 5.75 Å². The lowest BCUT2D eigenvalue weighted by molar-refractivity contribution is 0.0696. The van der Waals surface area contributed by atoms with E-state index in [1.54, 1.807) is 31.4 Å². The Labute approximate surface area is 186 Å². The number of hydrogen-bond acceptors (Lipinski definition) is 3. The third-order valence-corrected chi connectivity index (χ3v) is 5.57. The first-order chi connectivity index (χ1) is 15.5. The van der Waals surface area contributed by atoms with Crippen molar-refractivity contribution in [3.05, 3.63) is 101 Å². The molecule has 3 aromatic carbocycles. The summed E-state index contributed by atoms with van der Waals surface area (Å²) in [5.41, 5.74) is 3.50. The van der Waals surface area contributed by atoms with Gasteiger partial charge < -0.3 is 19.7 Å². The van der Waals surface area contributed by atoms with Gasteiger partial charge in [-0.1, -0.05) is 42.5 Å². The number of aromatic nitrogens is 1. The highest BCUT2D eigenvalue weighted by atomic mass is 16.5. The molecule has 6 heteroatoms. The van der Waals surface area contributed by atoms with Crippen molar-refractivity contribution >= 4 is 22.8 Å². The molecule has 1 aromatic heterocycles. The monoisotopic (exact) mass is 428 g/mol. The minimum Gasteiger partial charge on any atom is -0.496 e. The fraction of sp³-hybridized carbons (Fsp3) is 0.154. The summed E-state index contributed by atoms with van der Waals surface area (Å²) in [4.78, 5) is 24.3. The second kappa shape index (κ2) is 8.98. The smallest absolute Gasteiger partial charge is 0.335 e. The summed E-state index contributed by atoms with van der Waals surface area (Å²) in [6, 6.07) is 21.7. The fourth-order valence-electron chi connectivity index (χ4n) is 3.87. The van der Waals surface area contributed by atoms with E-state index in [1.807, 2.05) is 61.7 Å². The summed E-state index contributed by atoms with van der Waals surface area (Å²) >= 11 is 0. The number of ether oxygens (including phenoxy) is 1. The molecule has 0 saturated heterocycles. The zero-order valence-corrected chi connectivity index (χ0v) is 17.9. The average molecular weight is 428 g/mol. The number of carboxylic acid groups (broad SMARTS) is 1. The van der Waals surface area contributed by atoms with E-state index in [0.717, 1.165) is 27.8 Å². The van der Waals surface area contributed by atoms with E-state index in [9.17, 15) is 9.59 Å². The molecule has 0 unspecified atom stereocenters. The lowest BCUT2D eigenvalue weighted by atomic mass is 10.0. The number of fused-ring (bicyclic) bond motifs is 1. The topological polar surface area (TPSA) is 80.6 Å². The number of hydrogen-bond donors (Lipinski definition) is 2. The second-order valence-electron chi connectivity index (χ2n) is 7.62. The largest absolute Gasteiger partial charge is 0.496 e. The highest BCUT2D eigenvalue weighted by Crippen LogP contribution is 2.25. The van der Waals surface area contributed by atoms with Crippen molar-refractivity contribution in [1.29, 1.82) is 0 Å².